The van der Waals surface area contributed by atoms with Crippen LogP contribution in [0.5, 0.6) is 0 Å². The van der Waals surface area contributed by atoms with Gasteiger partial charge in [-0.1, -0.05) is 0 Å². The summed E-state index contributed by atoms with van der Waals surface area (Å²) in [5, 5.41) is 28.7. The van der Waals surface area contributed by atoms with Gasteiger partial charge in [0.15, 0.2) is 5.69 Å². The van der Waals surface area contributed by atoms with E-state index in [1.165, 1.54) is 12.4 Å². The maximum absolute atomic E-state index is 8.77. The van der Waals surface area contributed by atoms with Crippen LogP contribution in [-0.4, -0.2) is 39.4 Å². The third-order valence-electron chi connectivity index (χ3n) is 1.56. The summed E-state index contributed by atoms with van der Waals surface area (Å²) in [5.74, 6) is 0.414. The summed E-state index contributed by atoms with van der Waals surface area (Å²) in [7, 11) is 0. The van der Waals surface area contributed by atoms with Gasteiger partial charge in [-0.25, -0.2) is 9.97 Å². The van der Waals surface area contributed by atoms with E-state index in [2.05, 4.69) is 15.3 Å². The number of anilines is 1. The predicted octanol–water partition coefficient (Wildman–Crippen LogP) is -0.887. The average Bonchev–Trinajstić information content (AvgIpc) is 2.26. The lowest BCUT2D eigenvalue weighted by Crippen LogP contribution is -2.28. The Balaban J connectivity index is 2.64. The van der Waals surface area contributed by atoms with E-state index in [4.69, 9.17) is 15.5 Å². The normalized spacial score (nSPS) is 9.86. The lowest BCUT2D eigenvalue weighted by atomic mass is 10.3. The van der Waals surface area contributed by atoms with Crippen molar-refractivity contribution in [1.29, 1.82) is 5.26 Å². The van der Waals surface area contributed by atoms with Gasteiger partial charge in [0.05, 0.1) is 31.6 Å². The van der Waals surface area contributed by atoms with Gasteiger partial charge in [0.2, 0.25) is 0 Å². The Labute approximate surface area is 80.9 Å². The Morgan fingerprint density at radius 2 is 2.07 bits per heavy atom. The van der Waals surface area contributed by atoms with Gasteiger partial charge < -0.3 is 15.5 Å². The molecule has 0 amide bonds. The molecular weight excluding hydrogens is 184 g/mol. The summed E-state index contributed by atoms with van der Waals surface area (Å²) in [6.07, 6.45) is 2.69. The fourth-order valence-electron chi connectivity index (χ4n) is 0.818. The van der Waals surface area contributed by atoms with E-state index in [-0.39, 0.29) is 18.9 Å². The molecule has 0 saturated heterocycles. The van der Waals surface area contributed by atoms with Crippen LogP contribution in [0.1, 0.15) is 5.69 Å². The van der Waals surface area contributed by atoms with Crippen LogP contribution in [0.25, 0.3) is 0 Å². The summed E-state index contributed by atoms with van der Waals surface area (Å²) in [6, 6.07) is 1.37. The van der Waals surface area contributed by atoms with Crippen molar-refractivity contribution in [1.82, 2.24) is 9.97 Å². The highest BCUT2D eigenvalue weighted by molar-refractivity contribution is 5.34. The van der Waals surface area contributed by atoms with E-state index in [1.807, 2.05) is 6.07 Å². The topological polar surface area (TPSA) is 102 Å². The van der Waals surface area contributed by atoms with Crippen LogP contribution < -0.4 is 5.32 Å². The lowest BCUT2D eigenvalue weighted by molar-refractivity contribution is 0.203. The molecule has 0 unspecified atom stereocenters. The van der Waals surface area contributed by atoms with Crippen LogP contribution in [-0.2, 0) is 0 Å². The molecule has 0 radical (unpaired) electrons. The van der Waals surface area contributed by atoms with Gasteiger partial charge in [-0.15, -0.1) is 0 Å². The molecule has 0 aliphatic carbocycles. The first-order valence-corrected chi connectivity index (χ1v) is 4.00. The number of aliphatic hydroxyl groups excluding tert-OH is 2. The van der Waals surface area contributed by atoms with Gasteiger partial charge in [0.25, 0.3) is 0 Å². The van der Waals surface area contributed by atoms with Gasteiger partial charge >= 0.3 is 0 Å². The molecule has 1 aromatic heterocycles. The minimum absolute atomic E-state index is 0.196. The fraction of sp³-hybridized carbons (Fsp3) is 0.375. The number of nitrogens with zero attached hydrogens (tertiary/aromatic N) is 3. The predicted molar refractivity (Wildman–Crippen MR) is 48.3 cm³/mol. The highest BCUT2D eigenvalue weighted by Crippen LogP contribution is 2.02. The van der Waals surface area contributed by atoms with E-state index in [9.17, 15) is 0 Å². The molecule has 1 heterocycles. The van der Waals surface area contributed by atoms with E-state index in [1.54, 1.807) is 0 Å². The quantitative estimate of drug-likeness (QED) is 0.575. The average molecular weight is 194 g/mol. The van der Waals surface area contributed by atoms with Gasteiger partial charge in [-0.05, 0) is 0 Å². The second kappa shape index (κ2) is 5.11. The van der Waals surface area contributed by atoms with Crippen molar-refractivity contribution in [3.63, 3.8) is 0 Å². The molecule has 0 aliphatic rings. The van der Waals surface area contributed by atoms with Crippen molar-refractivity contribution in [3.05, 3.63) is 18.1 Å². The Kier molecular flexibility index (Phi) is 3.79. The molecule has 0 atom stereocenters. The first kappa shape index (κ1) is 10.4. The van der Waals surface area contributed by atoms with Crippen molar-refractivity contribution in [2.24, 2.45) is 0 Å². The van der Waals surface area contributed by atoms with E-state index >= 15 is 0 Å². The van der Waals surface area contributed by atoms with Crippen molar-refractivity contribution in [2.45, 2.75) is 6.04 Å². The third-order valence-corrected chi connectivity index (χ3v) is 1.56. The van der Waals surface area contributed by atoms with Crippen molar-refractivity contribution >= 4 is 5.82 Å². The molecule has 14 heavy (non-hydrogen) atoms. The SMILES string of the molecule is N#Cc1cnc(NC(CO)CO)cn1. The molecule has 3 N–H and O–H groups in total. The zero-order valence-corrected chi connectivity index (χ0v) is 7.38. The highest BCUT2D eigenvalue weighted by Gasteiger charge is 2.05. The Morgan fingerprint density at radius 1 is 1.36 bits per heavy atom. The van der Waals surface area contributed by atoms with E-state index < -0.39 is 6.04 Å². The van der Waals surface area contributed by atoms with Crippen LogP contribution in [0.2, 0.25) is 0 Å². The number of aliphatic hydroxyl groups is 2. The van der Waals surface area contributed by atoms with Gasteiger partial charge in [-0.2, -0.15) is 5.26 Å². The molecule has 0 aliphatic heterocycles. The molecule has 0 fully saturated rings. The Bertz CT molecular complexity index is 315. The highest BCUT2D eigenvalue weighted by atomic mass is 16.3. The number of aromatic nitrogens is 2. The number of hydrogen-bond acceptors (Lipinski definition) is 6. The lowest BCUT2D eigenvalue weighted by Gasteiger charge is -2.12. The maximum atomic E-state index is 8.77. The summed E-state index contributed by atoms with van der Waals surface area (Å²) in [4.78, 5) is 7.64. The second-order valence-corrected chi connectivity index (χ2v) is 2.61. The van der Waals surface area contributed by atoms with Crippen LogP contribution in [0.3, 0.4) is 0 Å². The molecule has 0 aromatic carbocycles. The molecule has 1 rings (SSSR count). The number of rotatable bonds is 4. The molecule has 0 saturated carbocycles. The van der Waals surface area contributed by atoms with Crippen molar-refractivity contribution < 1.29 is 10.2 Å². The summed E-state index contributed by atoms with van der Waals surface area (Å²) in [6.45, 7) is -0.392. The monoisotopic (exact) mass is 194 g/mol. The molecule has 1 aromatic rings. The van der Waals surface area contributed by atoms with Crippen molar-refractivity contribution in [3.8, 4) is 6.07 Å². The first-order chi connectivity index (χ1) is 6.80. The molecule has 0 bridgehead atoms. The standard InChI is InChI=1S/C8H10N4O2/c9-1-6-2-11-8(3-10-6)12-7(4-13)5-14/h2-3,7,13-14H,4-5H2,(H,11,12). The van der Waals surface area contributed by atoms with Gasteiger partial charge in [-0.3, -0.25) is 0 Å². The largest absolute Gasteiger partial charge is 0.394 e. The van der Waals surface area contributed by atoms with Crippen LogP contribution in [0, 0.1) is 11.3 Å². The number of nitriles is 1. The molecule has 6 heteroatoms. The number of nitrogens with one attached hydrogen (secondary N) is 1. The van der Waals surface area contributed by atoms with Crippen LogP contribution >= 0.6 is 0 Å². The first-order valence-electron chi connectivity index (χ1n) is 4.00. The summed E-state index contributed by atoms with van der Waals surface area (Å²) < 4.78 is 0. The fourth-order valence-corrected chi connectivity index (χ4v) is 0.818. The molecular formula is C8H10N4O2. The summed E-state index contributed by atoms with van der Waals surface area (Å²) in [5.41, 5.74) is 0.222. The van der Waals surface area contributed by atoms with Crippen LogP contribution in [0.15, 0.2) is 12.4 Å². The van der Waals surface area contributed by atoms with Gasteiger partial charge in [0.1, 0.15) is 11.9 Å². The Hall–Kier alpha value is -1.71. The minimum Gasteiger partial charge on any atom is -0.394 e. The zero-order chi connectivity index (χ0) is 10.4. The summed E-state index contributed by atoms with van der Waals surface area (Å²) >= 11 is 0. The van der Waals surface area contributed by atoms with E-state index in [0.29, 0.717) is 5.82 Å². The van der Waals surface area contributed by atoms with Gasteiger partial charge in [0, 0.05) is 0 Å². The smallest absolute Gasteiger partial charge is 0.158 e. The zero-order valence-electron chi connectivity index (χ0n) is 7.38. The molecule has 6 nitrogen and oxygen atoms in total. The van der Waals surface area contributed by atoms with Crippen LogP contribution in [0.4, 0.5) is 5.82 Å². The maximum Gasteiger partial charge on any atom is 0.158 e. The molecule has 74 valence electrons. The van der Waals surface area contributed by atoms with Crippen molar-refractivity contribution in [2.75, 3.05) is 18.5 Å². The van der Waals surface area contributed by atoms with E-state index in [0.717, 1.165) is 0 Å². The Morgan fingerprint density at radius 3 is 2.50 bits per heavy atom. The third kappa shape index (κ3) is 2.65. The number of hydrogen-bond donors (Lipinski definition) is 3. The molecule has 0 spiro atoms. The second-order valence-electron chi connectivity index (χ2n) is 2.61. The minimum atomic E-state index is -0.461.